The van der Waals surface area contributed by atoms with Crippen molar-refractivity contribution >= 4 is 35.6 Å². The van der Waals surface area contributed by atoms with Crippen LogP contribution >= 0.6 is 0 Å². The van der Waals surface area contributed by atoms with Gasteiger partial charge in [-0.05, 0) is 67.3 Å². The lowest BCUT2D eigenvalue weighted by Gasteiger charge is -2.67. The molecule has 15 heteroatoms. The van der Waals surface area contributed by atoms with Crippen molar-refractivity contribution in [2.24, 2.45) is 16.7 Å². The van der Waals surface area contributed by atoms with Gasteiger partial charge in [0.05, 0.1) is 35.6 Å². The van der Waals surface area contributed by atoms with Crippen LogP contribution in [0.3, 0.4) is 0 Å². The molecule has 15 nitrogen and oxygen atoms in total. The summed E-state index contributed by atoms with van der Waals surface area (Å²) in [5.74, 6) is -6.83. The minimum Gasteiger partial charge on any atom is -0.456 e. The fourth-order valence-electron chi connectivity index (χ4n) is 10.4. The fraction of sp³-hybridized carbons (Fsp3) is 0.458. The molecule has 0 unspecified atom stereocenters. The van der Waals surface area contributed by atoms with Gasteiger partial charge in [-0.25, -0.2) is 9.59 Å². The Morgan fingerprint density at radius 1 is 0.825 bits per heavy atom. The Bertz CT molecular complexity index is 2350. The highest BCUT2D eigenvalue weighted by Gasteiger charge is 2.78. The van der Waals surface area contributed by atoms with Crippen molar-refractivity contribution in [3.05, 3.63) is 118 Å². The third kappa shape index (κ3) is 7.54. The summed E-state index contributed by atoms with van der Waals surface area (Å²) < 4.78 is 30.4. The average molecular weight is 868 g/mol. The van der Waals surface area contributed by atoms with E-state index in [0.29, 0.717) is 11.1 Å². The number of ketones is 1. The number of esters is 4. The van der Waals surface area contributed by atoms with Crippen molar-refractivity contribution < 1.29 is 67.8 Å². The Morgan fingerprint density at radius 2 is 1.43 bits per heavy atom. The van der Waals surface area contributed by atoms with Crippen LogP contribution in [0.1, 0.15) is 92.3 Å². The summed E-state index contributed by atoms with van der Waals surface area (Å²) in [5.41, 5.74) is -6.34. The van der Waals surface area contributed by atoms with Crippen LogP contribution < -0.4 is 5.32 Å². The molecule has 2 saturated carbocycles. The number of amides is 1. The summed E-state index contributed by atoms with van der Waals surface area (Å²) in [6.07, 6.45) is -10.5. The zero-order valence-electron chi connectivity index (χ0n) is 36.2. The Morgan fingerprint density at radius 3 is 2.00 bits per heavy atom. The highest BCUT2D eigenvalue weighted by molar-refractivity contribution is 5.96. The van der Waals surface area contributed by atoms with Gasteiger partial charge in [-0.3, -0.25) is 19.2 Å². The highest BCUT2D eigenvalue weighted by atomic mass is 16.6. The van der Waals surface area contributed by atoms with Gasteiger partial charge in [-0.15, -0.1) is 0 Å². The number of aliphatic hydroxyl groups is 3. The number of carbonyl (C=O) groups is 6. The van der Waals surface area contributed by atoms with Gasteiger partial charge in [0.1, 0.15) is 23.9 Å². The number of ether oxygens (including phenoxy) is 5. The molecule has 4 aliphatic rings. The minimum atomic E-state index is -2.39. The first-order valence-corrected chi connectivity index (χ1v) is 20.9. The van der Waals surface area contributed by atoms with E-state index < -0.39 is 113 Å². The molecule has 4 N–H and O–H groups in total. The Balaban J connectivity index is 1.39. The van der Waals surface area contributed by atoms with E-state index in [1.807, 2.05) is 0 Å². The van der Waals surface area contributed by atoms with Gasteiger partial charge in [0, 0.05) is 37.7 Å². The SMILES string of the molecule is CC(=O)O[C@H]1C(=O)[C@@]2(C)[C@H]([C@H](OC(=O)c3ccccc3)[C@@]3(O)C[C@@H](OC(=O)[C@@H](O)[C@@H](NC(=O)c4ccccc4)c4ccccc4C)C(C)=C1C3(C)C)[C@@]1(OC(C)=O)CO[C@@H]1C[C@@H]2O. The summed E-state index contributed by atoms with van der Waals surface area (Å²) in [4.78, 5) is 83.8. The predicted octanol–water partition coefficient (Wildman–Crippen LogP) is 4.04. The first-order chi connectivity index (χ1) is 29.7. The Hall–Kier alpha value is -5.74. The zero-order chi connectivity index (χ0) is 45.8. The van der Waals surface area contributed by atoms with Gasteiger partial charge < -0.3 is 44.3 Å². The fourth-order valence-corrected chi connectivity index (χ4v) is 10.4. The summed E-state index contributed by atoms with van der Waals surface area (Å²) in [6.45, 7) is 9.73. The lowest BCUT2D eigenvalue weighted by molar-refractivity contribution is -0.346. The highest BCUT2D eigenvalue weighted by Crippen LogP contribution is 2.64. The summed E-state index contributed by atoms with van der Waals surface area (Å²) >= 11 is 0. The van der Waals surface area contributed by atoms with E-state index in [1.165, 1.54) is 26.0 Å². The van der Waals surface area contributed by atoms with Crippen molar-refractivity contribution in [2.75, 3.05) is 6.61 Å². The van der Waals surface area contributed by atoms with Crippen molar-refractivity contribution in [1.29, 1.82) is 0 Å². The van der Waals surface area contributed by atoms with Crippen LogP contribution in [0.4, 0.5) is 0 Å². The van der Waals surface area contributed by atoms with Gasteiger partial charge in [-0.1, -0.05) is 74.5 Å². The molecular weight excluding hydrogens is 815 g/mol. The zero-order valence-corrected chi connectivity index (χ0v) is 36.2. The van der Waals surface area contributed by atoms with Gasteiger partial charge in [0.25, 0.3) is 5.91 Å². The molecule has 2 bridgehead atoms. The number of hydrogen-bond acceptors (Lipinski definition) is 14. The maximum Gasteiger partial charge on any atom is 0.338 e. The molecule has 0 aromatic heterocycles. The minimum absolute atomic E-state index is 0.00210. The van der Waals surface area contributed by atoms with E-state index >= 15 is 4.79 Å². The van der Waals surface area contributed by atoms with Crippen LogP contribution in [-0.2, 0) is 42.9 Å². The van der Waals surface area contributed by atoms with Gasteiger partial charge in [0.2, 0.25) is 0 Å². The number of nitrogens with one attached hydrogen (secondary N) is 1. The maximum atomic E-state index is 15.5. The van der Waals surface area contributed by atoms with Gasteiger partial charge in [-0.2, -0.15) is 0 Å². The van der Waals surface area contributed by atoms with E-state index in [4.69, 9.17) is 23.7 Å². The lowest BCUT2D eigenvalue weighted by Crippen LogP contribution is -2.82. The molecule has 1 saturated heterocycles. The smallest absolute Gasteiger partial charge is 0.338 e. The largest absolute Gasteiger partial charge is 0.456 e. The van der Waals surface area contributed by atoms with E-state index in [-0.39, 0.29) is 35.3 Å². The van der Waals surface area contributed by atoms with Gasteiger partial charge >= 0.3 is 23.9 Å². The van der Waals surface area contributed by atoms with Crippen LogP contribution in [0.25, 0.3) is 0 Å². The van der Waals surface area contributed by atoms with Crippen molar-refractivity contribution in [3.63, 3.8) is 0 Å². The molecule has 3 aromatic carbocycles. The molecule has 63 heavy (non-hydrogen) atoms. The quantitative estimate of drug-likeness (QED) is 0.128. The number of rotatable bonds is 10. The van der Waals surface area contributed by atoms with Gasteiger partial charge in [0.15, 0.2) is 23.6 Å². The standard InChI is InChI=1S/C48H53NO14/c1-25-16-14-15-21-31(25)36(49-42(55)29-17-10-8-11-18-29)37(53)44(57)61-32-23-48(58)41(62-43(56)30-19-12-9-13-20-30)39-46(7,33(52)22-34-47(39,24-59-34)63-28(4)51)40(54)38(60-27(3)50)35(26(32)2)45(48,5)6/h8-21,32-34,36-39,41,52-53,58H,22-24H2,1-7H3,(H,49,55)/t32-,33+,34-,36+,37+,38-,39+,41+,46-,47-,48+/m1/s1. The average Bonchev–Trinajstić information content (AvgIpc) is 3.24. The van der Waals surface area contributed by atoms with Crippen molar-refractivity contribution in [2.45, 2.75) is 115 Å². The van der Waals surface area contributed by atoms with Crippen molar-refractivity contribution in [1.82, 2.24) is 5.32 Å². The van der Waals surface area contributed by atoms with E-state index in [0.717, 1.165) is 13.8 Å². The monoisotopic (exact) mass is 867 g/mol. The second-order valence-electron chi connectivity index (χ2n) is 17.8. The number of hydrogen-bond donors (Lipinski definition) is 4. The second-order valence-corrected chi connectivity index (χ2v) is 17.8. The van der Waals surface area contributed by atoms with E-state index in [9.17, 15) is 39.3 Å². The number of aryl methyl sites for hydroxylation is 1. The second kappa shape index (κ2) is 16.8. The molecule has 334 valence electrons. The third-order valence-electron chi connectivity index (χ3n) is 13.8. The van der Waals surface area contributed by atoms with Crippen molar-refractivity contribution in [3.8, 4) is 0 Å². The normalized spacial score (nSPS) is 31.6. The Kier molecular flexibility index (Phi) is 12.0. The van der Waals surface area contributed by atoms with E-state index in [1.54, 1.807) is 93.6 Å². The molecular formula is C48H53NO14. The topological polar surface area (TPSA) is 221 Å². The third-order valence-corrected chi connectivity index (χ3v) is 13.8. The molecule has 0 spiro atoms. The number of aliphatic hydroxyl groups excluding tert-OH is 2. The molecule has 1 amide bonds. The molecule has 1 aliphatic heterocycles. The van der Waals surface area contributed by atoms with Crippen LogP contribution in [0, 0.1) is 23.7 Å². The number of fused-ring (bicyclic) bond motifs is 5. The molecule has 7 rings (SSSR count). The van der Waals surface area contributed by atoms with Crippen LogP contribution in [0.2, 0.25) is 0 Å². The number of carbonyl (C=O) groups excluding carboxylic acids is 6. The predicted molar refractivity (Wildman–Crippen MR) is 222 cm³/mol. The first-order valence-electron chi connectivity index (χ1n) is 20.9. The summed E-state index contributed by atoms with van der Waals surface area (Å²) in [7, 11) is 0. The van der Waals surface area contributed by atoms with Crippen LogP contribution in [0.15, 0.2) is 96.1 Å². The van der Waals surface area contributed by atoms with E-state index in [2.05, 4.69) is 5.32 Å². The molecule has 0 radical (unpaired) electrons. The Labute approximate surface area is 364 Å². The molecule has 3 aromatic rings. The molecule has 11 atom stereocenters. The number of benzene rings is 3. The van der Waals surface area contributed by atoms with Crippen LogP contribution in [-0.4, -0.2) is 105 Å². The number of Topliss-reactive ketones (excluding diaryl/α,β-unsaturated/α-hetero) is 1. The lowest BCUT2D eigenvalue weighted by atomic mass is 9.44. The first kappa shape index (κ1) is 45.3. The molecule has 1 heterocycles. The van der Waals surface area contributed by atoms with Crippen LogP contribution in [0.5, 0.6) is 0 Å². The molecule has 3 fully saturated rings. The maximum absolute atomic E-state index is 15.5. The summed E-state index contributed by atoms with van der Waals surface area (Å²) in [5, 5.41) is 40.5. The molecule has 3 aliphatic carbocycles. The summed E-state index contributed by atoms with van der Waals surface area (Å²) in [6, 6.07) is 21.5.